The second-order valence-corrected chi connectivity index (χ2v) is 5.72. The van der Waals surface area contributed by atoms with Gasteiger partial charge in [0.15, 0.2) is 0 Å². The van der Waals surface area contributed by atoms with Crippen molar-refractivity contribution in [2.45, 2.75) is 52.5 Å². The Balaban J connectivity index is 1.75. The van der Waals surface area contributed by atoms with E-state index in [0.717, 1.165) is 25.6 Å². The molecule has 0 saturated heterocycles. The van der Waals surface area contributed by atoms with Crippen LogP contribution in [0.4, 0.5) is 5.69 Å². The highest BCUT2D eigenvalue weighted by Crippen LogP contribution is 2.23. The number of benzene rings is 1. The molecule has 1 aromatic carbocycles. The molecular formula is C17H28N2. The Kier molecular flexibility index (Phi) is 5.71. The van der Waals surface area contributed by atoms with Crippen molar-refractivity contribution < 1.29 is 0 Å². The monoisotopic (exact) mass is 260 g/mol. The standard InChI is InChI=1S/C17H28N2/c1-3-5-6-14(4-2)12-18-13-15-7-8-17-16(11-15)9-10-19-17/h7-8,11,14,18-19H,3-6,9-10,12-13H2,1-2H3. The summed E-state index contributed by atoms with van der Waals surface area (Å²) in [6.45, 7) is 7.85. The predicted octanol–water partition coefficient (Wildman–Crippen LogP) is 3.96. The summed E-state index contributed by atoms with van der Waals surface area (Å²) >= 11 is 0. The first-order chi connectivity index (χ1) is 9.33. The molecule has 0 aromatic heterocycles. The minimum Gasteiger partial charge on any atom is -0.384 e. The molecule has 1 unspecified atom stereocenters. The van der Waals surface area contributed by atoms with Gasteiger partial charge >= 0.3 is 0 Å². The molecule has 1 heterocycles. The molecule has 2 nitrogen and oxygen atoms in total. The molecule has 0 radical (unpaired) electrons. The van der Waals surface area contributed by atoms with Crippen molar-refractivity contribution in [1.82, 2.24) is 5.32 Å². The summed E-state index contributed by atoms with van der Waals surface area (Å²) in [7, 11) is 0. The second kappa shape index (κ2) is 7.54. The Bertz CT molecular complexity index is 387. The van der Waals surface area contributed by atoms with E-state index in [4.69, 9.17) is 0 Å². The first kappa shape index (κ1) is 14.4. The van der Waals surface area contributed by atoms with Gasteiger partial charge in [0.05, 0.1) is 0 Å². The van der Waals surface area contributed by atoms with Crippen molar-refractivity contribution in [3.63, 3.8) is 0 Å². The van der Waals surface area contributed by atoms with Crippen molar-refractivity contribution in [3.8, 4) is 0 Å². The first-order valence-electron chi connectivity index (χ1n) is 7.89. The number of anilines is 1. The van der Waals surface area contributed by atoms with Crippen molar-refractivity contribution in [2.75, 3.05) is 18.4 Å². The lowest BCUT2D eigenvalue weighted by Gasteiger charge is -2.15. The fourth-order valence-corrected chi connectivity index (χ4v) is 2.83. The van der Waals surface area contributed by atoms with Gasteiger partial charge in [-0.2, -0.15) is 0 Å². The van der Waals surface area contributed by atoms with E-state index < -0.39 is 0 Å². The van der Waals surface area contributed by atoms with Crippen LogP contribution in [0.5, 0.6) is 0 Å². The molecular weight excluding hydrogens is 232 g/mol. The van der Waals surface area contributed by atoms with Crippen LogP contribution in [0.25, 0.3) is 0 Å². The maximum atomic E-state index is 3.63. The lowest BCUT2D eigenvalue weighted by molar-refractivity contribution is 0.419. The third kappa shape index (κ3) is 4.24. The number of unbranched alkanes of at least 4 members (excludes halogenated alkanes) is 1. The Morgan fingerprint density at radius 1 is 1.32 bits per heavy atom. The molecule has 2 rings (SSSR count). The Morgan fingerprint density at radius 2 is 2.21 bits per heavy atom. The van der Waals surface area contributed by atoms with E-state index >= 15 is 0 Å². The maximum Gasteiger partial charge on any atom is 0.0373 e. The van der Waals surface area contributed by atoms with E-state index in [1.807, 2.05) is 0 Å². The smallest absolute Gasteiger partial charge is 0.0373 e. The van der Waals surface area contributed by atoms with Gasteiger partial charge in [0.1, 0.15) is 0 Å². The quantitative estimate of drug-likeness (QED) is 0.739. The number of nitrogens with one attached hydrogen (secondary N) is 2. The van der Waals surface area contributed by atoms with E-state index in [1.165, 1.54) is 48.9 Å². The molecule has 0 spiro atoms. The van der Waals surface area contributed by atoms with Crippen LogP contribution in [0.1, 0.15) is 50.7 Å². The first-order valence-corrected chi connectivity index (χ1v) is 7.89. The summed E-state index contributed by atoms with van der Waals surface area (Å²) in [6.07, 6.45) is 6.52. The normalized spacial score (nSPS) is 15.1. The highest BCUT2D eigenvalue weighted by molar-refractivity contribution is 5.56. The molecule has 0 amide bonds. The second-order valence-electron chi connectivity index (χ2n) is 5.72. The molecule has 0 fully saturated rings. The summed E-state index contributed by atoms with van der Waals surface area (Å²) in [5.74, 6) is 0.844. The van der Waals surface area contributed by atoms with Crippen LogP contribution in [0.2, 0.25) is 0 Å². The van der Waals surface area contributed by atoms with Crippen molar-refractivity contribution in [1.29, 1.82) is 0 Å². The Hall–Kier alpha value is -1.02. The molecule has 0 bridgehead atoms. The summed E-state index contributed by atoms with van der Waals surface area (Å²) in [4.78, 5) is 0. The highest BCUT2D eigenvalue weighted by atomic mass is 14.9. The minimum absolute atomic E-state index is 0.844. The van der Waals surface area contributed by atoms with Crippen LogP contribution in [0.15, 0.2) is 18.2 Å². The average molecular weight is 260 g/mol. The van der Waals surface area contributed by atoms with Crippen molar-refractivity contribution in [2.24, 2.45) is 5.92 Å². The van der Waals surface area contributed by atoms with Crippen LogP contribution in [0, 0.1) is 5.92 Å². The van der Waals surface area contributed by atoms with Crippen LogP contribution in [-0.2, 0) is 13.0 Å². The number of fused-ring (bicyclic) bond motifs is 1. The van der Waals surface area contributed by atoms with Gasteiger partial charge in [-0.1, -0.05) is 45.2 Å². The van der Waals surface area contributed by atoms with Gasteiger partial charge in [0, 0.05) is 18.8 Å². The zero-order valence-electron chi connectivity index (χ0n) is 12.5. The highest BCUT2D eigenvalue weighted by Gasteiger charge is 2.10. The van der Waals surface area contributed by atoms with Gasteiger partial charge in [-0.05, 0) is 42.5 Å². The topological polar surface area (TPSA) is 24.1 Å². The van der Waals surface area contributed by atoms with E-state index in [1.54, 1.807) is 0 Å². The van der Waals surface area contributed by atoms with Crippen molar-refractivity contribution >= 4 is 5.69 Å². The average Bonchev–Trinajstić information content (AvgIpc) is 2.90. The molecule has 0 aliphatic carbocycles. The van der Waals surface area contributed by atoms with Crippen LogP contribution >= 0.6 is 0 Å². The van der Waals surface area contributed by atoms with Crippen LogP contribution in [-0.4, -0.2) is 13.1 Å². The van der Waals surface area contributed by atoms with Gasteiger partial charge in [-0.15, -0.1) is 0 Å². The van der Waals surface area contributed by atoms with Gasteiger partial charge in [-0.3, -0.25) is 0 Å². The third-order valence-electron chi connectivity index (χ3n) is 4.18. The lowest BCUT2D eigenvalue weighted by atomic mass is 9.99. The van der Waals surface area contributed by atoms with E-state index in [-0.39, 0.29) is 0 Å². The fraction of sp³-hybridized carbons (Fsp3) is 0.647. The summed E-state index contributed by atoms with van der Waals surface area (Å²) in [5.41, 5.74) is 4.24. The molecule has 1 aliphatic heterocycles. The molecule has 1 aliphatic rings. The summed E-state index contributed by atoms with van der Waals surface area (Å²) in [6, 6.07) is 6.83. The number of hydrogen-bond acceptors (Lipinski definition) is 2. The summed E-state index contributed by atoms with van der Waals surface area (Å²) in [5, 5.41) is 7.05. The van der Waals surface area contributed by atoms with Crippen molar-refractivity contribution in [3.05, 3.63) is 29.3 Å². The van der Waals surface area contributed by atoms with E-state index in [2.05, 4.69) is 42.7 Å². The molecule has 1 aromatic rings. The largest absolute Gasteiger partial charge is 0.384 e. The molecule has 106 valence electrons. The summed E-state index contributed by atoms with van der Waals surface area (Å²) < 4.78 is 0. The van der Waals surface area contributed by atoms with Gasteiger partial charge in [-0.25, -0.2) is 0 Å². The SMILES string of the molecule is CCCCC(CC)CNCc1ccc2c(c1)CCN2. The molecule has 1 atom stereocenters. The number of rotatable bonds is 8. The molecule has 19 heavy (non-hydrogen) atoms. The fourth-order valence-electron chi connectivity index (χ4n) is 2.83. The van der Waals surface area contributed by atoms with Crippen LogP contribution in [0.3, 0.4) is 0 Å². The zero-order chi connectivity index (χ0) is 13.5. The van der Waals surface area contributed by atoms with E-state index in [9.17, 15) is 0 Å². The zero-order valence-corrected chi connectivity index (χ0v) is 12.5. The Morgan fingerprint density at radius 3 is 3.00 bits per heavy atom. The maximum absolute atomic E-state index is 3.63. The predicted molar refractivity (Wildman–Crippen MR) is 83.6 cm³/mol. The number of hydrogen-bond donors (Lipinski definition) is 2. The minimum atomic E-state index is 0.844. The van der Waals surface area contributed by atoms with Gasteiger partial charge in [0.2, 0.25) is 0 Å². The third-order valence-corrected chi connectivity index (χ3v) is 4.18. The molecule has 2 N–H and O–H groups in total. The Labute approximate surface area is 118 Å². The molecule has 2 heteroatoms. The van der Waals surface area contributed by atoms with E-state index in [0.29, 0.717) is 0 Å². The lowest BCUT2D eigenvalue weighted by Crippen LogP contribution is -2.22. The van der Waals surface area contributed by atoms with Gasteiger partial charge < -0.3 is 10.6 Å². The van der Waals surface area contributed by atoms with Crippen LogP contribution < -0.4 is 10.6 Å². The molecule has 0 saturated carbocycles. The van der Waals surface area contributed by atoms with Gasteiger partial charge in [0.25, 0.3) is 0 Å².